The minimum absolute atomic E-state index is 0.823. The van der Waals surface area contributed by atoms with E-state index >= 15 is 0 Å². The molecule has 6 atom stereocenters. The second-order valence-electron chi connectivity index (χ2n) is 25.4. The van der Waals surface area contributed by atoms with Gasteiger partial charge in [0.05, 0.1) is 39.3 Å². The molecule has 0 saturated carbocycles. The van der Waals surface area contributed by atoms with Crippen LogP contribution in [0.2, 0.25) is 0 Å². The van der Waals surface area contributed by atoms with Crippen LogP contribution < -0.4 is 10.6 Å². The van der Waals surface area contributed by atoms with Crippen LogP contribution in [0.15, 0.2) is 72.8 Å². The van der Waals surface area contributed by atoms with Gasteiger partial charge in [0.25, 0.3) is 0 Å². The summed E-state index contributed by atoms with van der Waals surface area (Å²) in [7, 11) is 0. The lowest BCUT2D eigenvalue weighted by Crippen LogP contribution is -2.81. The molecule has 3 aromatic rings. The first-order chi connectivity index (χ1) is 37.0. The molecule has 0 aliphatic carbocycles. The van der Waals surface area contributed by atoms with Crippen LogP contribution in [0.5, 0.6) is 0 Å². The van der Waals surface area contributed by atoms with Gasteiger partial charge in [-0.3, -0.25) is 0 Å². The molecule has 0 aliphatic heterocycles. The molecule has 0 aliphatic rings. The molecule has 0 bridgehead atoms. The number of unbranched alkanes of at least 4 members (excludes halogenated alkanes) is 6. The summed E-state index contributed by atoms with van der Waals surface area (Å²) in [6, 6.07) is 29.4. The summed E-state index contributed by atoms with van der Waals surface area (Å²) >= 11 is 0. The van der Waals surface area contributed by atoms with Crippen molar-refractivity contribution in [1.82, 2.24) is 0 Å². The van der Waals surface area contributed by atoms with Crippen molar-refractivity contribution in [2.45, 2.75) is 276 Å². The number of hydrogen-bond acceptors (Lipinski definition) is 0. The fourth-order valence-electron chi connectivity index (χ4n) is 13.6. The Morgan fingerprint density at radius 1 is 0.263 bits per heavy atom. The summed E-state index contributed by atoms with van der Waals surface area (Å²) in [5, 5.41) is 5.00. The molecule has 4 N–H and O–H groups in total. The van der Waals surface area contributed by atoms with E-state index in [0.717, 1.165) is 61.7 Å². The molecule has 3 aromatic carbocycles. The fourth-order valence-corrected chi connectivity index (χ4v) is 13.6. The van der Waals surface area contributed by atoms with Crippen LogP contribution >= 0.6 is 0 Å². The Bertz CT molecular complexity index is 1580. The van der Waals surface area contributed by atoms with Gasteiger partial charge < -0.3 is 19.6 Å². The predicted octanol–water partition coefficient (Wildman–Crippen LogP) is 18.1. The largest absolute Gasteiger partial charge is 0.339 e. The number of quaternary nitrogens is 4. The molecule has 0 amide bonds. The van der Waals surface area contributed by atoms with Crippen molar-refractivity contribution in [3.05, 3.63) is 106 Å². The summed E-state index contributed by atoms with van der Waals surface area (Å²) < 4.78 is 2.60. The van der Waals surface area contributed by atoms with E-state index in [9.17, 15) is 0 Å². The second kappa shape index (κ2) is 40.6. The Labute approximate surface area is 474 Å². The van der Waals surface area contributed by atoms with E-state index in [1.54, 1.807) is 11.1 Å². The molecule has 0 saturated heterocycles. The summed E-state index contributed by atoms with van der Waals surface area (Å²) in [6.07, 6.45) is 32.4. The molecule has 4 heteroatoms. The van der Waals surface area contributed by atoms with Crippen molar-refractivity contribution in [2.24, 2.45) is 35.5 Å². The maximum Gasteiger partial charge on any atom is 0.104 e. The third-order valence-corrected chi connectivity index (χ3v) is 18.8. The first-order valence-corrected chi connectivity index (χ1v) is 33.6. The molecule has 0 radical (unpaired) electrons. The highest BCUT2D eigenvalue weighted by molar-refractivity contribution is 5.23. The van der Waals surface area contributed by atoms with E-state index in [2.05, 4.69) is 167 Å². The molecule has 6 unspecified atom stereocenters. The molecule has 434 valence electrons. The van der Waals surface area contributed by atoms with Crippen LogP contribution in [0.4, 0.5) is 0 Å². The maximum absolute atomic E-state index is 2.51. The minimum atomic E-state index is 0.823. The molecule has 76 heavy (non-hydrogen) atoms. The van der Waals surface area contributed by atoms with Crippen molar-refractivity contribution in [1.29, 1.82) is 0 Å². The standard InChI is InChI=1S/C72H128N4/c1-13-25-31-61(19-7)53-75(54-62(20-8)32-26-14-2,55-63(21-9)33-27-15-3)59-71-45-41-69(42-46-71)51-73-49-67-37-39-68(40-38-67)50-74-52-70-43-47-72(48-44-70)60-76(56-64(22-10)34-28-16-4,57-65(23-11)35-29-17-5)58-66(24-12)36-30-18-6/h37-48,61-66,73-74H,13-36,49-60H2,1-12H3/q+2/p+2. The van der Waals surface area contributed by atoms with Crippen LogP contribution in [0.3, 0.4) is 0 Å². The zero-order chi connectivity index (χ0) is 55.3. The first-order valence-electron chi connectivity index (χ1n) is 33.6. The van der Waals surface area contributed by atoms with Gasteiger partial charge in [-0.2, -0.15) is 0 Å². The molecular weight excluding hydrogens is 921 g/mol. The van der Waals surface area contributed by atoms with Crippen LogP contribution in [0, 0.1) is 35.5 Å². The Hall–Kier alpha value is -2.50. The summed E-state index contributed by atoms with van der Waals surface area (Å²) in [5.74, 6) is 4.94. The van der Waals surface area contributed by atoms with E-state index in [1.165, 1.54) is 238 Å². The summed E-state index contributed by atoms with van der Waals surface area (Å²) in [5.41, 5.74) is 8.85. The van der Waals surface area contributed by atoms with Crippen molar-refractivity contribution in [2.75, 3.05) is 39.3 Å². The molecule has 0 fully saturated rings. The van der Waals surface area contributed by atoms with Gasteiger partial charge in [-0.05, 0) is 77.0 Å². The van der Waals surface area contributed by atoms with E-state index < -0.39 is 0 Å². The van der Waals surface area contributed by atoms with E-state index in [4.69, 9.17) is 0 Å². The predicted molar refractivity (Wildman–Crippen MR) is 335 cm³/mol. The van der Waals surface area contributed by atoms with Crippen molar-refractivity contribution >= 4 is 0 Å². The molecule has 3 rings (SSSR count). The average molecular weight is 1050 g/mol. The first kappa shape index (κ1) is 67.8. The lowest BCUT2D eigenvalue weighted by atomic mass is 9.90. The van der Waals surface area contributed by atoms with Gasteiger partial charge in [-0.1, -0.05) is 233 Å². The van der Waals surface area contributed by atoms with Gasteiger partial charge in [0.15, 0.2) is 0 Å². The highest BCUT2D eigenvalue weighted by Gasteiger charge is 2.37. The van der Waals surface area contributed by atoms with Crippen LogP contribution in [-0.4, -0.2) is 48.2 Å². The maximum atomic E-state index is 2.51. The van der Waals surface area contributed by atoms with Gasteiger partial charge in [0.2, 0.25) is 0 Å². The highest BCUT2D eigenvalue weighted by atomic mass is 15.4. The van der Waals surface area contributed by atoms with E-state index in [-0.39, 0.29) is 0 Å². The molecule has 0 heterocycles. The van der Waals surface area contributed by atoms with Crippen molar-refractivity contribution in [3.8, 4) is 0 Å². The van der Waals surface area contributed by atoms with Crippen LogP contribution in [0.25, 0.3) is 0 Å². The van der Waals surface area contributed by atoms with Gasteiger partial charge in [-0.15, -0.1) is 0 Å². The lowest BCUT2D eigenvalue weighted by Gasteiger charge is -2.45. The Morgan fingerprint density at radius 3 is 0.592 bits per heavy atom. The lowest BCUT2D eigenvalue weighted by molar-refractivity contribution is -0.950. The summed E-state index contributed by atoms with van der Waals surface area (Å²) in [4.78, 5) is 0. The Morgan fingerprint density at radius 2 is 0.434 bits per heavy atom. The zero-order valence-electron chi connectivity index (χ0n) is 52.9. The van der Waals surface area contributed by atoms with Gasteiger partial charge in [-0.25, -0.2) is 0 Å². The van der Waals surface area contributed by atoms with E-state index in [0.29, 0.717) is 0 Å². The SMILES string of the molecule is CCCCC(CC)C[N+](Cc1ccc(C[NH2+]Cc2ccc(C[NH2+]Cc3ccc(C[N+](CC(CC)CCCC)(CC(CC)CCCC)CC(CC)CCCC)cc3)cc2)cc1)(CC(CC)CCCC)CC(CC)CCCC. The number of benzene rings is 3. The molecule has 0 spiro atoms. The fraction of sp³-hybridized carbons (Fsp3) is 0.750. The zero-order valence-corrected chi connectivity index (χ0v) is 52.9. The molecule has 0 aromatic heterocycles. The Kier molecular flexibility index (Phi) is 36.2. The minimum Gasteiger partial charge on any atom is -0.339 e. The third kappa shape index (κ3) is 26.6. The number of rotatable bonds is 48. The van der Waals surface area contributed by atoms with Gasteiger partial charge >= 0.3 is 0 Å². The normalized spacial score (nSPS) is 15.9. The molecular formula is C72H130N4+4. The average Bonchev–Trinajstić information content (AvgIpc) is 3.44. The van der Waals surface area contributed by atoms with Crippen LogP contribution in [0.1, 0.15) is 271 Å². The third-order valence-electron chi connectivity index (χ3n) is 18.8. The second-order valence-corrected chi connectivity index (χ2v) is 25.4. The monoisotopic (exact) mass is 1050 g/mol. The summed E-state index contributed by atoms with van der Waals surface area (Å²) in [6.45, 7) is 43.8. The Balaban J connectivity index is 1.67. The topological polar surface area (TPSA) is 33.2 Å². The quantitative estimate of drug-likeness (QED) is 0.0529. The number of nitrogens with zero attached hydrogens (tertiary/aromatic N) is 2. The van der Waals surface area contributed by atoms with Crippen LogP contribution in [-0.2, 0) is 39.3 Å². The van der Waals surface area contributed by atoms with Crippen molar-refractivity contribution < 1.29 is 19.6 Å². The van der Waals surface area contributed by atoms with E-state index in [1.807, 2.05) is 0 Å². The number of hydrogen-bond donors (Lipinski definition) is 2. The number of nitrogens with two attached hydrogens (primary N) is 2. The highest BCUT2D eigenvalue weighted by Crippen LogP contribution is 2.33. The van der Waals surface area contributed by atoms with Crippen molar-refractivity contribution in [3.63, 3.8) is 0 Å². The smallest absolute Gasteiger partial charge is 0.104 e. The van der Waals surface area contributed by atoms with Gasteiger partial charge in [0, 0.05) is 68.9 Å². The molecule has 4 nitrogen and oxygen atoms in total. The van der Waals surface area contributed by atoms with Gasteiger partial charge in [0.1, 0.15) is 39.3 Å².